The van der Waals surface area contributed by atoms with E-state index in [1.807, 2.05) is 49.4 Å². The van der Waals surface area contributed by atoms with Crippen molar-refractivity contribution in [3.05, 3.63) is 105 Å². The fourth-order valence-corrected chi connectivity index (χ4v) is 5.29. The molecule has 0 radical (unpaired) electrons. The topological polar surface area (TPSA) is 42.3 Å². The van der Waals surface area contributed by atoms with Crippen LogP contribution in [0.15, 0.2) is 82.2 Å². The van der Waals surface area contributed by atoms with E-state index in [1.165, 1.54) is 15.7 Å². The van der Waals surface area contributed by atoms with Crippen LogP contribution in [0.4, 0.5) is 4.79 Å². The second-order valence-electron chi connectivity index (χ2n) is 8.09. The van der Waals surface area contributed by atoms with Crippen molar-refractivity contribution >= 4 is 55.7 Å². The Balaban J connectivity index is 1.45. The molecule has 5 rings (SSSR count). The van der Waals surface area contributed by atoms with Gasteiger partial charge in [0.15, 0.2) is 0 Å². The summed E-state index contributed by atoms with van der Waals surface area (Å²) in [5.41, 5.74) is 5.03. The summed E-state index contributed by atoms with van der Waals surface area (Å²) in [6.45, 7) is 4.37. The molecule has 6 heteroatoms. The first-order chi connectivity index (χ1) is 15.9. The average molecular weight is 517 g/mol. The van der Waals surface area contributed by atoms with Crippen LogP contribution in [0.5, 0.6) is 0 Å². The Morgan fingerprint density at radius 3 is 2.39 bits per heavy atom. The summed E-state index contributed by atoms with van der Waals surface area (Å²) in [7, 11) is 0. The number of benzene rings is 3. The van der Waals surface area contributed by atoms with E-state index in [9.17, 15) is 9.59 Å². The van der Waals surface area contributed by atoms with Crippen molar-refractivity contribution in [1.29, 1.82) is 0 Å². The van der Waals surface area contributed by atoms with Crippen molar-refractivity contribution in [2.45, 2.75) is 20.4 Å². The Hall–Kier alpha value is -3.09. The number of amides is 2. The molecule has 164 valence electrons. The van der Waals surface area contributed by atoms with E-state index in [0.29, 0.717) is 4.91 Å². The van der Waals surface area contributed by atoms with Gasteiger partial charge in [-0.15, -0.1) is 0 Å². The quantitative estimate of drug-likeness (QED) is 0.268. The molecular formula is C27H21BrN2O2S. The summed E-state index contributed by atoms with van der Waals surface area (Å²) in [6, 6.07) is 24.4. The summed E-state index contributed by atoms with van der Waals surface area (Å²) in [5, 5.41) is 2.14. The summed E-state index contributed by atoms with van der Waals surface area (Å²) < 4.78 is 3.15. The number of rotatable bonds is 4. The highest BCUT2D eigenvalue weighted by Crippen LogP contribution is 2.35. The van der Waals surface area contributed by atoms with Crippen molar-refractivity contribution < 1.29 is 9.59 Å². The number of halogens is 1. The first-order valence-electron chi connectivity index (χ1n) is 10.6. The Labute approximate surface area is 205 Å². The molecule has 4 aromatic rings. The third-order valence-electron chi connectivity index (χ3n) is 5.88. The third kappa shape index (κ3) is 4.16. The second-order valence-corrected chi connectivity index (χ2v) is 10.00. The Morgan fingerprint density at radius 1 is 0.909 bits per heavy atom. The number of aryl methyl sites for hydroxylation is 1. The van der Waals surface area contributed by atoms with Crippen molar-refractivity contribution in [1.82, 2.24) is 9.47 Å². The predicted octanol–water partition coefficient (Wildman–Crippen LogP) is 7.25. The normalized spacial score (nSPS) is 15.2. The fourth-order valence-electron chi connectivity index (χ4n) is 4.20. The van der Waals surface area contributed by atoms with Gasteiger partial charge < -0.3 is 4.57 Å². The molecule has 3 aromatic carbocycles. The maximum absolute atomic E-state index is 13.0. The number of carbonyl (C=O) groups is 2. The van der Waals surface area contributed by atoms with Crippen LogP contribution in [0.3, 0.4) is 0 Å². The number of thioether (sulfide) groups is 1. The molecule has 1 fully saturated rings. The van der Waals surface area contributed by atoms with Gasteiger partial charge in [-0.3, -0.25) is 14.5 Å². The summed E-state index contributed by atoms with van der Waals surface area (Å²) in [6.07, 6.45) is 1.84. The largest absolute Gasteiger partial charge is 0.318 e. The molecule has 1 aromatic heterocycles. The van der Waals surface area contributed by atoms with Crippen LogP contribution in [0, 0.1) is 13.8 Å². The van der Waals surface area contributed by atoms with Gasteiger partial charge >= 0.3 is 0 Å². The Kier molecular flexibility index (Phi) is 5.72. The lowest BCUT2D eigenvalue weighted by molar-refractivity contribution is -0.123. The monoisotopic (exact) mass is 516 g/mol. The molecule has 1 aliphatic rings. The van der Waals surface area contributed by atoms with Crippen molar-refractivity contribution in [2.75, 3.05) is 0 Å². The number of imide groups is 1. The molecule has 0 atom stereocenters. The minimum absolute atomic E-state index is 0.238. The highest BCUT2D eigenvalue weighted by molar-refractivity contribution is 9.10. The van der Waals surface area contributed by atoms with Gasteiger partial charge in [0.25, 0.3) is 11.1 Å². The molecule has 0 aliphatic carbocycles. The van der Waals surface area contributed by atoms with Crippen LogP contribution in [0.25, 0.3) is 22.5 Å². The maximum Gasteiger partial charge on any atom is 0.293 e. The van der Waals surface area contributed by atoms with E-state index in [4.69, 9.17) is 0 Å². The molecule has 1 saturated heterocycles. The number of carbonyl (C=O) groups excluding carboxylic acids is 2. The lowest BCUT2D eigenvalue weighted by Crippen LogP contribution is -2.27. The molecule has 1 aliphatic heterocycles. The SMILES string of the molecule is Cc1cc(/C=C2\SC(=O)N(Cc3ccc(Br)cc3)C2=O)c(C)n1-c1ccc2ccccc2c1. The Bertz CT molecular complexity index is 1440. The van der Waals surface area contributed by atoms with Crippen LogP contribution in [-0.4, -0.2) is 20.6 Å². The average Bonchev–Trinajstić information content (AvgIpc) is 3.24. The van der Waals surface area contributed by atoms with Crippen LogP contribution in [0.1, 0.15) is 22.5 Å². The standard InChI is InChI=1S/C27H21BrN2O2S/c1-17-13-22(18(2)30(17)24-12-9-20-5-3-4-6-21(20)14-24)15-25-26(31)29(27(32)33-25)16-19-7-10-23(28)11-8-19/h3-15H,16H2,1-2H3/b25-15-. The molecule has 0 saturated carbocycles. The van der Waals surface area contributed by atoms with Crippen molar-refractivity contribution in [2.24, 2.45) is 0 Å². The van der Waals surface area contributed by atoms with Gasteiger partial charge in [0.05, 0.1) is 11.4 Å². The maximum atomic E-state index is 13.0. The second kappa shape index (κ2) is 8.69. The van der Waals surface area contributed by atoms with E-state index in [-0.39, 0.29) is 17.7 Å². The van der Waals surface area contributed by atoms with Crippen LogP contribution < -0.4 is 0 Å². The van der Waals surface area contributed by atoms with Gasteiger partial charge in [0.1, 0.15) is 0 Å². The van der Waals surface area contributed by atoms with Gasteiger partial charge in [-0.1, -0.05) is 58.4 Å². The summed E-state index contributed by atoms with van der Waals surface area (Å²) in [4.78, 5) is 27.3. The number of hydrogen-bond donors (Lipinski definition) is 0. The molecule has 2 heterocycles. The highest BCUT2D eigenvalue weighted by Gasteiger charge is 2.35. The predicted molar refractivity (Wildman–Crippen MR) is 138 cm³/mol. The molecule has 0 unspecified atom stereocenters. The van der Waals surface area contributed by atoms with Gasteiger partial charge in [0, 0.05) is 21.5 Å². The van der Waals surface area contributed by atoms with Crippen LogP contribution >= 0.6 is 27.7 Å². The molecule has 33 heavy (non-hydrogen) atoms. The zero-order valence-electron chi connectivity index (χ0n) is 18.2. The minimum atomic E-state index is -0.247. The van der Waals surface area contributed by atoms with E-state index >= 15 is 0 Å². The van der Waals surface area contributed by atoms with Gasteiger partial charge in [-0.05, 0) is 83.9 Å². The van der Waals surface area contributed by atoms with E-state index < -0.39 is 0 Å². The first kappa shape index (κ1) is 21.7. The first-order valence-corrected chi connectivity index (χ1v) is 12.2. The smallest absolute Gasteiger partial charge is 0.293 e. The number of hydrogen-bond acceptors (Lipinski definition) is 3. The zero-order chi connectivity index (χ0) is 23.1. The van der Waals surface area contributed by atoms with Crippen molar-refractivity contribution in [3.8, 4) is 5.69 Å². The fraction of sp³-hybridized carbons (Fsp3) is 0.111. The van der Waals surface area contributed by atoms with E-state index in [2.05, 4.69) is 63.8 Å². The van der Waals surface area contributed by atoms with Crippen molar-refractivity contribution in [3.63, 3.8) is 0 Å². The van der Waals surface area contributed by atoms with Crippen LogP contribution in [0.2, 0.25) is 0 Å². The molecule has 0 bridgehead atoms. The van der Waals surface area contributed by atoms with Gasteiger partial charge in [-0.25, -0.2) is 0 Å². The Morgan fingerprint density at radius 2 is 1.64 bits per heavy atom. The number of aromatic nitrogens is 1. The lowest BCUT2D eigenvalue weighted by Gasteiger charge is -2.12. The van der Waals surface area contributed by atoms with Gasteiger partial charge in [0.2, 0.25) is 0 Å². The molecule has 4 nitrogen and oxygen atoms in total. The minimum Gasteiger partial charge on any atom is -0.318 e. The number of fused-ring (bicyclic) bond motifs is 1. The van der Waals surface area contributed by atoms with E-state index in [1.54, 1.807) is 0 Å². The number of nitrogens with zero attached hydrogens (tertiary/aromatic N) is 2. The lowest BCUT2D eigenvalue weighted by atomic mass is 10.1. The third-order valence-corrected chi connectivity index (χ3v) is 7.31. The molecular weight excluding hydrogens is 496 g/mol. The summed E-state index contributed by atoms with van der Waals surface area (Å²) >= 11 is 4.41. The highest BCUT2D eigenvalue weighted by atomic mass is 79.9. The van der Waals surface area contributed by atoms with E-state index in [0.717, 1.165) is 44.4 Å². The summed E-state index contributed by atoms with van der Waals surface area (Å²) in [5.74, 6) is -0.247. The molecule has 2 amide bonds. The van der Waals surface area contributed by atoms with Gasteiger partial charge in [-0.2, -0.15) is 0 Å². The molecule has 0 N–H and O–H groups in total. The zero-order valence-corrected chi connectivity index (χ0v) is 20.6. The van der Waals surface area contributed by atoms with Crippen LogP contribution in [-0.2, 0) is 11.3 Å². The molecule has 0 spiro atoms.